The molecule has 238 valence electrons. The molecule has 6 heteroatoms. The van der Waals surface area contributed by atoms with E-state index in [1.54, 1.807) is 4.90 Å². The summed E-state index contributed by atoms with van der Waals surface area (Å²) in [4.78, 5) is 51.3. The molecule has 0 saturated carbocycles. The first kappa shape index (κ1) is 37.5. The van der Waals surface area contributed by atoms with Crippen LogP contribution >= 0.6 is 0 Å². The van der Waals surface area contributed by atoms with Crippen molar-refractivity contribution in [3.05, 3.63) is 0 Å². The number of ketones is 2. The second-order valence-corrected chi connectivity index (χ2v) is 13.4. The molecular formula is C35H64N2O4. The van der Waals surface area contributed by atoms with Crippen molar-refractivity contribution >= 4 is 23.4 Å². The quantitative estimate of drug-likeness (QED) is 0.0878. The molecule has 0 bridgehead atoms. The predicted molar refractivity (Wildman–Crippen MR) is 170 cm³/mol. The lowest BCUT2D eigenvalue weighted by atomic mass is 9.76. The highest BCUT2D eigenvalue weighted by atomic mass is 16.2. The molecule has 2 saturated heterocycles. The number of hydrogen-bond acceptors (Lipinski definition) is 5. The molecule has 0 aliphatic carbocycles. The summed E-state index contributed by atoms with van der Waals surface area (Å²) in [5, 5.41) is 0. The van der Waals surface area contributed by atoms with E-state index in [9.17, 15) is 19.2 Å². The minimum atomic E-state index is -0.0634. The van der Waals surface area contributed by atoms with Crippen LogP contribution in [-0.2, 0) is 19.2 Å². The number of imide groups is 1. The van der Waals surface area contributed by atoms with Crippen molar-refractivity contribution in [2.75, 3.05) is 13.6 Å². The Morgan fingerprint density at radius 2 is 1.34 bits per heavy atom. The number of nitrogens with zero attached hydrogens (tertiary/aromatic N) is 2. The lowest BCUT2D eigenvalue weighted by Gasteiger charge is -2.50. The van der Waals surface area contributed by atoms with Gasteiger partial charge in [-0.25, -0.2) is 0 Å². The van der Waals surface area contributed by atoms with Gasteiger partial charge in [0.15, 0.2) is 0 Å². The Morgan fingerprint density at radius 1 is 0.829 bits per heavy atom. The first-order chi connectivity index (χ1) is 19.5. The Morgan fingerprint density at radius 3 is 1.88 bits per heavy atom. The van der Waals surface area contributed by atoms with Crippen molar-refractivity contribution in [3.8, 4) is 0 Å². The molecule has 2 heterocycles. The number of rotatable bonds is 19. The Hall–Kier alpha value is -1.56. The van der Waals surface area contributed by atoms with Gasteiger partial charge in [-0.3, -0.25) is 24.1 Å². The minimum absolute atomic E-state index is 0.0120. The van der Waals surface area contributed by atoms with Gasteiger partial charge in [-0.2, -0.15) is 0 Å². The Kier molecular flexibility index (Phi) is 18.6. The van der Waals surface area contributed by atoms with Gasteiger partial charge >= 0.3 is 0 Å². The third-order valence-electron chi connectivity index (χ3n) is 9.71. The SMILES string of the molecule is CCCCCCC(=O)CC(C)=O.CCCCCCCCCCCCC1CC(=O)N(C2CCN(C)C(C)(C)C2C)C1=O. The fourth-order valence-electron chi connectivity index (χ4n) is 6.32. The van der Waals surface area contributed by atoms with E-state index >= 15 is 0 Å². The molecule has 2 aliphatic heterocycles. The van der Waals surface area contributed by atoms with Crippen LogP contribution in [-0.4, -0.2) is 58.4 Å². The van der Waals surface area contributed by atoms with Crippen molar-refractivity contribution < 1.29 is 19.2 Å². The van der Waals surface area contributed by atoms with Crippen LogP contribution in [0.3, 0.4) is 0 Å². The second kappa shape index (κ2) is 20.4. The van der Waals surface area contributed by atoms with Crippen molar-refractivity contribution in [3.63, 3.8) is 0 Å². The zero-order chi connectivity index (χ0) is 30.8. The number of Topliss-reactive ketones (excluding diaryl/α,β-unsaturated/α-hetero) is 2. The summed E-state index contributed by atoms with van der Waals surface area (Å²) < 4.78 is 0. The zero-order valence-electron chi connectivity index (χ0n) is 27.9. The highest BCUT2D eigenvalue weighted by Crippen LogP contribution is 2.38. The maximum Gasteiger partial charge on any atom is 0.233 e. The second-order valence-electron chi connectivity index (χ2n) is 13.4. The summed E-state index contributed by atoms with van der Waals surface area (Å²) in [6, 6.07) is 0.0684. The number of unbranched alkanes of at least 4 members (excludes halogenated alkanes) is 12. The summed E-state index contributed by atoms with van der Waals surface area (Å²) in [6.45, 7) is 13.5. The van der Waals surface area contributed by atoms with E-state index in [1.165, 1.54) is 77.6 Å². The summed E-state index contributed by atoms with van der Waals surface area (Å²) in [5.41, 5.74) is 0.0120. The molecule has 3 atom stereocenters. The van der Waals surface area contributed by atoms with E-state index in [-0.39, 0.29) is 47.3 Å². The molecular weight excluding hydrogens is 512 g/mol. The third kappa shape index (κ3) is 13.5. The number of amides is 2. The summed E-state index contributed by atoms with van der Waals surface area (Å²) in [5.74, 6) is 0.498. The van der Waals surface area contributed by atoms with E-state index in [4.69, 9.17) is 0 Å². The normalized spacial score (nSPS) is 22.5. The number of carbonyl (C=O) groups excluding carboxylic acids is 4. The maximum absolute atomic E-state index is 13.0. The third-order valence-corrected chi connectivity index (χ3v) is 9.71. The van der Waals surface area contributed by atoms with Crippen LogP contribution < -0.4 is 0 Å². The minimum Gasteiger partial charge on any atom is -0.301 e. The van der Waals surface area contributed by atoms with Crippen molar-refractivity contribution in [1.82, 2.24) is 9.80 Å². The molecule has 3 unspecified atom stereocenters. The van der Waals surface area contributed by atoms with Crippen LogP contribution in [0.5, 0.6) is 0 Å². The van der Waals surface area contributed by atoms with Gasteiger partial charge in [0.1, 0.15) is 11.6 Å². The molecule has 41 heavy (non-hydrogen) atoms. The molecule has 2 rings (SSSR count). The van der Waals surface area contributed by atoms with Gasteiger partial charge < -0.3 is 4.90 Å². The van der Waals surface area contributed by atoms with Crippen LogP contribution in [0, 0.1) is 11.8 Å². The number of piperidine rings is 1. The summed E-state index contributed by atoms with van der Waals surface area (Å²) in [6.07, 6.45) is 20.4. The monoisotopic (exact) mass is 576 g/mol. The van der Waals surface area contributed by atoms with E-state index in [1.807, 2.05) is 0 Å². The number of hydrogen-bond donors (Lipinski definition) is 0. The number of likely N-dealkylation sites (tertiary alicyclic amines) is 2. The van der Waals surface area contributed by atoms with Crippen molar-refractivity contribution in [1.29, 1.82) is 0 Å². The van der Waals surface area contributed by atoms with Gasteiger partial charge in [-0.05, 0) is 53.0 Å². The summed E-state index contributed by atoms with van der Waals surface area (Å²) >= 11 is 0. The Bertz CT molecular complexity index is 793. The average Bonchev–Trinajstić information content (AvgIpc) is 3.19. The molecule has 0 aromatic rings. The smallest absolute Gasteiger partial charge is 0.233 e. The molecule has 0 aromatic heterocycles. The van der Waals surface area contributed by atoms with Gasteiger partial charge in [-0.15, -0.1) is 0 Å². The number of carbonyl (C=O) groups is 4. The van der Waals surface area contributed by atoms with Gasteiger partial charge in [0, 0.05) is 36.9 Å². The summed E-state index contributed by atoms with van der Waals surface area (Å²) in [7, 11) is 2.15. The van der Waals surface area contributed by atoms with Crippen LogP contribution in [0.1, 0.15) is 164 Å². The zero-order valence-corrected chi connectivity index (χ0v) is 27.9. The van der Waals surface area contributed by atoms with Gasteiger partial charge in [0.25, 0.3) is 0 Å². The standard InChI is InChI=1S/C25H46N2O2.C10H18O2/c1-6-7-8-9-10-11-12-13-14-15-16-21-19-23(28)27(24(21)29)22-17-18-26(5)25(3,4)20(22)2;1-3-4-5-6-7-10(12)8-9(2)11/h20-22H,6-19H2,1-5H3;3-8H2,1-2H3. The maximum atomic E-state index is 13.0. The van der Waals surface area contributed by atoms with Gasteiger partial charge in [0.05, 0.1) is 6.42 Å². The molecule has 2 fully saturated rings. The average molecular weight is 577 g/mol. The molecule has 0 radical (unpaired) electrons. The molecule has 0 N–H and O–H groups in total. The Balaban J connectivity index is 0.000000590. The van der Waals surface area contributed by atoms with Crippen molar-refractivity contribution in [2.24, 2.45) is 11.8 Å². The lowest BCUT2D eigenvalue weighted by Crippen LogP contribution is -2.60. The lowest BCUT2D eigenvalue weighted by molar-refractivity contribution is -0.147. The highest BCUT2D eigenvalue weighted by Gasteiger charge is 2.49. The first-order valence-electron chi connectivity index (χ1n) is 17.1. The van der Waals surface area contributed by atoms with Gasteiger partial charge in [-0.1, -0.05) is 104 Å². The van der Waals surface area contributed by atoms with Crippen molar-refractivity contribution in [2.45, 2.75) is 175 Å². The van der Waals surface area contributed by atoms with E-state index in [0.717, 1.165) is 38.6 Å². The largest absolute Gasteiger partial charge is 0.301 e. The molecule has 0 aromatic carbocycles. The first-order valence-corrected chi connectivity index (χ1v) is 17.1. The molecule has 2 aliphatic rings. The van der Waals surface area contributed by atoms with Crippen LogP contribution in [0.2, 0.25) is 0 Å². The van der Waals surface area contributed by atoms with E-state index < -0.39 is 0 Å². The van der Waals surface area contributed by atoms with E-state index in [2.05, 4.69) is 46.6 Å². The van der Waals surface area contributed by atoms with Crippen LogP contribution in [0.25, 0.3) is 0 Å². The van der Waals surface area contributed by atoms with Crippen LogP contribution in [0.15, 0.2) is 0 Å². The highest BCUT2D eigenvalue weighted by molar-refractivity contribution is 6.04. The van der Waals surface area contributed by atoms with Gasteiger partial charge in [0.2, 0.25) is 11.8 Å². The molecule has 6 nitrogen and oxygen atoms in total. The topological polar surface area (TPSA) is 74.8 Å². The van der Waals surface area contributed by atoms with E-state index in [0.29, 0.717) is 18.8 Å². The predicted octanol–water partition coefficient (Wildman–Crippen LogP) is 8.30. The van der Waals surface area contributed by atoms with Crippen LogP contribution in [0.4, 0.5) is 0 Å². The molecule has 0 spiro atoms. The molecule has 2 amide bonds. The fourth-order valence-corrected chi connectivity index (χ4v) is 6.32. The Labute approximate surface area is 252 Å². The fraction of sp³-hybridized carbons (Fsp3) is 0.886.